The Morgan fingerprint density at radius 2 is 2.19 bits per heavy atom. The highest BCUT2D eigenvalue weighted by molar-refractivity contribution is 5.90. The van der Waals surface area contributed by atoms with Gasteiger partial charge in [-0.25, -0.2) is 4.79 Å². The monoisotopic (exact) mass is 291 g/mol. The molecule has 21 heavy (non-hydrogen) atoms. The number of anilines is 2. The minimum atomic E-state index is -0.336. The Hall–Kier alpha value is -1.75. The number of rotatable bonds is 5. The van der Waals surface area contributed by atoms with Crippen molar-refractivity contribution in [3.05, 3.63) is 23.8 Å². The molecule has 0 saturated carbocycles. The number of hydrogen-bond donors (Lipinski definition) is 3. The van der Waals surface area contributed by atoms with Crippen LogP contribution in [0.15, 0.2) is 18.2 Å². The first-order valence-electron chi connectivity index (χ1n) is 7.52. The van der Waals surface area contributed by atoms with Crippen LogP contribution in [-0.2, 0) is 6.42 Å². The van der Waals surface area contributed by atoms with E-state index >= 15 is 0 Å². The predicted molar refractivity (Wildman–Crippen MR) is 85.9 cm³/mol. The second-order valence-electron chi connectivity index (χ2n) is 6.04. The van der Waals surface area contributed by atoms with Gasteiger partial charge in [-0.1, -0.05) is 13.0 Å². The molecule has 0 aromatic heterocycles. The van der Waals surface area contributed by atoms with Crippen LogP contribution in [0.3, 0.4) is 0 Å². The van der Waals surface area contributed by atoms with E-state index in [1.54, 1.807) is 6.92 Å². The Labute approximate surface area is 126 Å². The van der Waals surface area contributed by atoms with Crippen LogP contribution in [0.2, 0.25) is 0 Å². The zero-order valence-corrected chi connectivity index (χ0v) is 13.0. The number of nitrogens with one attached hydrogen (secondary N) is 2. The van der Waals surface area contributed by atoms with Crippen LogP contribution < -0.4 is 15.5 Å². The van der Waals surface area contributed by atoms with E-state index in [1.165, 1.54) is 11.3 Å². The van der Waals surface area contributed by atoms with Gasteiger partial charge in [-0.3, -0.25) is 0 Å². The lowest BCUT2D eigenvalue weighted by Gasteiger charge is -2.16. The van der Waals surface area contributed by atoms with Crippen molar-refractivity contribution in [1.82, 2.24) is 5.32 Å². The SMILES string of the molecule is CC(O)CC(C)CNC(=O)Nc1ccc2c(c1)N(C)CC2. The highest BCUT2D eigenvalue weighted by atomic mass is 16.3. The average Bonchev–Trinajstić information content (AvgIpc) is 2.77. The van der Waals surface area contributed by atoms with Crippen molar-refractivity contribution in [3.63, 3.8) is 0 Å². The Morgan fingerprint density at radius 3 is 2.90 bits per heavy atom. The fraction of sp³-hybridized carbons (Fsp3) is 0.562. The van der Waals surface area contributed by atoms with E-state index in [9.17, 15) is 9.90 Å². The minimum absolute atomic E-state index is 0.201. The van der Waals surface area contributed by atoms with Crippen molar-refractivity contribution in [2.75, 3.05) is 30.4 Å². The molecular formula is C16H25N3O2. The first-order valence-corrected chi connectivity index (χ1v) is 7.52. The molecule has 1 aliphatic rings. The lowest BCUT2D eigenvalue weighted by Crippen LogP contribution is -2.33. The lowest BCUT2D eigenvalue weighted by atomic mass is 10.1. The maximum absolute atomic E-state index is 11.9. The summed E-state index contributed by atoms with van der Waals surface area (Å²) in [5, 5.41) is 15.0. The molecule has 2 unspecified atom stereocenters. The van der Waals surface area contributed by atoms with E-state index in [-0.39, 0.29) is 18.1 Å². The quantitative estimate of drug-likeness (QED) is 0.779. The number of likely N-dealkylation sites (N-methyl/N-ethyl adjacent to an activating group) is 1. The van der Waals surface area contributed by atoms with E-state index in [4.69, 9.17) is 0 Å². The third-order valence-electron chi connectivity index (χ3n) is 3.83. The van der Waals surface area contributed by atoms with Crippen LogP contribution >= 0.6 is 0 Å². The van der Waals surface area contributed by atoms with Gasteiger partial charge in [-0.15, -0.1) is 0 Å². The number of benzene rings is 1. The molecule has 0 fully saturated rings. The molecule has 1 aromatic rings. The standard InChI is InChI=1S/C16H25N3O2/c1-11(8-12(2)20)10-17-16(21)18-14-5-4-13-6-7-19(3)15(13)9-14/h4-5,9,11-12,20H,6-8,10H2,1-3H3,(H2,17,18,21). The van der Waals surface area contributed by atoms with Gasteiger partial charge in [0.25, 0.3) is 0 Å². The first-order chi connectivity index (χ1) is 9.95. The number of urea groups is 1. The second-order valence-corrected chi connectivity index (χ2v) is 6.04. The van der Waals surface area contributed by atoms with Crippen molar-refractivity contribution in [1.29, 1.82) is 0 Å². The highest BCUT2D eigenvalue weighted by Crippen LogP contribution is 2.29. The summed E-state index contributed by atoms with van der Waals surface area (Å²) in [6.07, 6.45) is 1.41. The maximum atomic E-state index is 11.9. The van der Waals surface area contributed by atoms with E-state index < -0.39 is 0 Å². The predicted octanol–water partition coefficient (Wildman–Crippen LogP) is 2.21. The Balaban J connectivity index is 1.84. The molecule has 116 valence electrons. The topological polar surface area (TPSA) is 64.6 Å². The summed E-state index contributed by atoms with van der Waals surface area (Å²) in [4.78, 5) is 14.1. The van der Waals surface area contributed by atoms with Crippen LogP contribution in [0.25, 0.3) is 0 Å². The summed E-state index contributed by atoms with van der Waals surface area (Å²) in [6.45, 7) is 5.36. The maximum Gasteiger partial charge on any atom is 0.319 e. The second kappa shape index (κ2) is 6.80. The van der Waals surface area contributed by atoms with Gasteiger partial charge < -0.3 is 20.6 Å². The molecule has 2 rings (SSSR count). The Morgan fingerprint density at radius 1 is 1.43 bits per heavy atom. The number of nitrogens with zero attached hydrogens (tertiary/aromatic N) is 1. The molecule has 5 heteroatoms. The van der Waals surface area contributed by atoms with Crippen molar-refractivity contribution in [3.8, 4) is 0 Å². The van der Waals surface area contributed by atoms with Crippen LogP contribution in [-0.4, -0.2) is 37.4 Å². The molecule has 0 aliphatic carbocycles. The average molecular weight is 291 g/mol. The van der Waals surface area contributed by atoms with Crippen LogP contribution in [0.1, 0.15) is 25.8 Å². The zero-order chi connectivity index (χ0) is 15.4. The van der Waals surface area contributed by atoms with Gasteiger partial charge in [0, 0.05) is 31.5 Å². The van der Waals surface area contributed by atoms with Crippen molar-refractivity contribution in [2.45, 2.75) is 32.8 Å². The van der Waals surface area contributed by atoms with Gasteiger partial charge >= 0.3 is 6.03 Å². The Kier molecular flexibility index (Phi) is 5.07. The third kappa shape index (κ3) is 4.36. The van der Waals surface area contributed by atoms with Crippen molar-refractivity contribution < 1.29 is 9.90 Å². The number of fused-ring (bicyclic) bond motifs is 1. The fourth-order valence-corrected chi connectivity index (χ4v) is 2.72. The van der Waals surface area contributed by atoms with Gasteiger partial charge in [-0.05, 0) is 43.4 Å². The molecule has 1 aliphatic heterocycles. The molecule has 0 saturated heterocycles. The molecule has 0 radical (unpaired) electrons. The van der Waals surface area contributed by atoms with Gasteiger partial charge in [0.2, 0.25) is 0 Å². The molecule has 5 nitrogen and oxygen atoms in total. The summed E-state index contributed by atoms with van der Waals surface area (Å²) in [5.74, 6) is 0.252. The molecule has 1 aromatic carbocycles. The third-order valence-corrected chi connectivity index (χ3v) is 3.83. The van der Waals surface area contributed by atoms with Crippen LogP contribution in [0, 0.1) is 5.92 Å². The molecule has 2 amide bonds. The first kappa shape index (κ1) is 15.6. The number of aliphatic hydroxyl groups is 1. The summed E-state index contributed by atoms with van der Waals surface area (Å²) in [5.41, 5.74) is 3.33. The van der Waals surface area contributed by atoms with Gasteiger partial charge in [0.1, 0.15) is 0 Å². The molecule has 3 N–H and O–H groups in total. The Bertz CT molecular complexity index is 502. The minimum Gasteiger partial charge on any atom is -0.393 e. The fourth-order valence-electron chi connectivity index (χ4n) is 2.72. The van der Waals surface area contributed by atoms with E-state index in [2.05, 4.69) is 28.6 Å². The summed E-state index contributed by atoms with van der Waals surface area (Å²) in [7, 11) is 2.06. The van der Waals surface area contributed by atoms with E-state index in [0.29, 0.717) is 13.0 Å². The van der Waals surface area contributed by atoms with Crippen LogP contribution in [0.5, 0.6) is 0 Å². The number of aliphatic hydroxyl groups excluding tert-OH is 1. The number of amides is 2. The number of carbonyl (C=O) groups excluding carboxylic acids is 1. The molecule has 0 bridgehead atoms. The largest absolute Gasteiger partial charge is 0.393 e. The van der Waals surface area contributed by atoms with Crippen molar-refractivity contribution >= 4 is 17.4 Å². The van der Waals surface area contributed by atoms with E-state index in [0.717, 1.165) is 18.7 Å². The number of carbonyl (C=O) groups is 1. The van der Waals surface area contributed by atoms with Crippen LogP contribution in [0.4, 0.5) is 16.2 Å². The number of hydrogen-bond acceptors (Lipinski definition) is 3. The lowest BCUT2D eigenvalue weighted by molar-refractivity contribution is 0.163. The summed E-state index contributed by atoms with van der Waals surface area (Å²) < 4.78 is 0. The van der Waals surface area contributed by atoms with Gasteiger partial charge in [-0.2, -0.15) is 0 Å². The summed E-state index contributed by atoms with van der Waals surface area (Å²) in [6, 6.07) is 5.83. The van der Waals surface area contributed by atoms with Crippen molar-refractivity contribution in [2.24, 2.45) is 5.92 Å². The van der Waals surface area contributed by atoms with Gasteiger partial charge in [0.15, 0.2) is 0 Å². The summed E-state index contributed by atoms with van der Waals surface area (Å²) >= 11 is 0. The van der Waals surface area contributed by atoms with Gasteiger partial charge in [0.05, 0.1) is 6.10 Å². The highest BCUT2D eigenvalue weighted by Gasteiger charge is 2.16. The normalized spacial score (nSPS) is 16.3. The molecule has 0 spiro atoms. The van der Waals surface area contributed by atoms with E-state index in [1.807, 2.05) is 19.1 Å². The molecule has 2 atom stereocenters. The molecule has 1 heterocycles. The molecular weight excluding hydrogens is 266 g/mol. The zero-order valence-electron chi connectivity index (χ0n) is 13.0. The smallest absolute Gasteiger partial charge is 0.319 e.